The minimum absolute atomic E-state index is 0.654. The molecule has 0 aliphatic rings. The number of unbranched alkanes of at least 4 members (excludes halogenated alkanes) is 6. The average molecular weight is 259 g/mol. The molecule has 0 unspecified atom stereocenters. The van der Waals surface area contributed by atoms with Crippen LogP contribution < -0.4 is 0 Å². The third-order valence-electron chi connectivity index (χ3n) is 3.47. The van der Waals surface area contributed by atoms with Gasteiger partial charge in [0.15, 0.2) is 0 Å². The van der Waals surface area contributed by atoms with Crippen LogP contribution in [0.4, 0.5) is 0 Å². The van der Waals surface area contributed by atoms with Gasteiger partial charge in [0.05, 0.1) is 18.2 Å². The Kier molecular flexibility index (Phi) is 13.4. The Balaban J connectivity index is 3.67. The quantitative estimate of drug-likeness (QED) is 0.470. The Morgan fingerprint density at radius 2 is 1.00 bits per heavy atom. The maximum absolute atomic E-state index is 8.68. The fourth-order valence-electron chi connectivity index (χ4n) is 2.33. The molecule has 0 saturated heterocycles. The monoisotopic (exact) mass is 259 g/mol. The molecule has 0 atom stereocenters. The minimum atomic E-state index is 0.654. The molecule has 0 aliphatic heterocycles. The van der Waals surface area contributed by atoms with Crippen LogP contribution >= 0.6 is 0 Å². The molecule has 0 rings (SSSR count). The summed E-state index contributed by atoms with van der Waals surface area (Å²) in [5.41, 5.74) is 0. The Morgan fingerprint density at radius 3 is 1.42 bits per heavy atom. The van der Waals surface area contributed by atoms with E-state index in [0.29, 0.717) is 25.2 Å². The third-order valence-corrected chi connectivity index (χ3v) is 3.47. The lowest BCUT2D eigenvalue weighted by molar-refractivity contribution is 0.388. The van der Waals surface area contributed by atoms with Crippen molar-refractivity contribution < 1.29 is 0 Å². The van der Waals surface area contributed by atoms with Gasteiger partial charge in [-0.2, -0.15) is 15.8 Å². The molecule has 0 aromatic carbocycles. The fourth-order valence-corrected chi connectivity index (χ4v) is 2.33. The molecule has 0 N–H and O–H groups in total. The maximum Gasteiger partial charge on any atom is 0.0621 e. The molecular formula is C16H25N3. The Labute approximate surface area is 117 Å². The standard InChI is InChI=1S/C16H25N3/c17-13-7-3-1-5-10-16(12-9-15-19)11-6-2-4-8-14-18/h16H,1-12H2. The van der Waals surface area contributed by atoms with Crippen molar-refractivity contribution in [3.8, 4) is 18.2 Å². The minimum Gasteiger partial charge on any atom is -0.198 e. The highest BCUT2D eigenvalue weighted by molar-refractivity contribution is 4.73. The second-order valence-electron chi connectivity index (χ2n) is 5.08. The summed E-state index contributed by atoms with van der Waals surface area (Å²) in [6, 6.07) is 6.58. The predicted molar refractivity (Wildman–Crippen MR) is 75.7 cm³/mol. The molecule has 0 heterocycles. The highest BCUT2D eigenvalue weighted by Crippen LogP contribution is 2.22. The number of hydrogen-bond acceptors (Lipinski definition) is 3. The normalized spacial score (nSPS) is 9.79. The molecule has 19 heavy (non-hydrogen) atoms. The van der Waals surface area contributed by atoms with E-state index in [1.807, 2.05) is 0 Å². The lowest BCUT2D eigenvalue weighted by Crippen LogP contribution is -2.01. The van der Waals surface area contributed by atoms with Crippen LogP contribution in [0.3, 0.4) is 0 Å². The summed E-state index contributed by atoms with van der Waals surface area (Å²) in [4.78, 5) is 0. The zero-order chi connectivity index (χ0) is 14.2. The molecule has 0 aliphatic carbocycles. The van der Waals surface area contributed by atoms with E-state index in [9.17, 15) is 0 Å². The molecule has 0 bridgehead atoms. The van der Waals surface area contributed by atoms with Crippen LogP contribution in [-0.4, -0.2) is 0 Å². The first kappa shape index (κ1) is 17.5. The van der Waals surface area contributed by atoms with E-state index in [1.165, 1.54) is 25.7 Å². The smallest absolute Gasteiger partial charge is 0.0621 e. The second-order valence-corrected chi connectivity index (χ2v) is 5.08. The van der Waals surface area contributed by atoms with Crippen molar-refractivity contribution in [2.75, 3.05) is 0 Å². The van der Waals surface area contributed by atoms with Gasteiger partial charge in [-0.3, -0.25) is 0 Å². The van der Waals surface area contributed by atoms with Crippen LogP contribution in [0.15, 0.2) is 0 Å². The Hall–Kier alpha value is -1.53. The van der Waals surface area contributed by atoms with Crippen LogP contribution in [-0.2, 0) is 0 Å². The Bertz CT molecular complexity index is 292. The summed E-state index contributed by atoms with van der Waals surface area (Å²) in [6.07, 6.45) is 12.0. The van der Waals surface area contributed by atoms with E-state index in [0.717, 1.165) is 32.1 Å². The van der Waals surface area contributed by atoms with E-state index in [4.69, 9.17) is 15.8 Å². The number of nitrogens with zero attached hydrogens (tertiary/aromatic N) is 3. The summed E-state index contributed by atoms with van der Waals surface area (Å²) < 4.78 is 0. The molecule has 0 aromatic heterocycles. The van der Waals surface area contributed by atoms with Crippen molar-refractivity contribution >= 4 is 0 Å². The summed E-state index contributed by atoms with van der Waals surface area (Å²) >= 11 is 0. The van der Waals surface area contributed by atoms with Gasteiger partial charge in [-0.25, -0.2) is 0 Å². The number of hydrogen-bond donors (Lipinski definition) is 0. The van der Waals surface area contributed by atoms with Crippen LogP contribution in [0.5, 0.6) is 0 Å². The van der Waals surface area contributed by atoms with E-state index in [-0.39, 0.29) is 0 Å². The molecule has 0 fully saturated rings. The second kappa shape index (κ2) is 14.5. The molecule has 104 valence electrons. The lowest BCUT2D eigenvalue weighted by Gasteiger charge is -2.15. The molecular weight excluding hydrogens is 234 g/mol. The SMILES string of the molecule is N#CCCCCCC(CCC#N)CCCCCC#N. The molecule has 0 amide bonds. The van der Waals surface area contributed by atoms with Crippen molar-refractivity contribution in [1.29, 1.82) is 15.8 Å². The summed E-state index contributed by atoms with van der Waals surface area (Å²) in [5.74, 6) is 0.656. The number of nitriles is 3. The summed E-state index contributed by atoms with van der Waals surface area (Å²) in [5, 5.41) is 25.6. The van der Waals surface area contributed by atoms with E-state index >= 15 is 0 Å². The highest BCUT2D eigenvalue weighted by Gasteiger charge is 2.08. The maximum atomic E-state index is 8.68. The third kappa shape index (κ3) is 12.7. The number of rotatable bonds is 12. The lowest BCUT2D eigenvalue weighted by atomic mass is 9.91. The van der Waals surface area contributed by atoms with Gasteiger partial charge in [-0.05, 0) is 25.2 Å². The van der Waals surface area contributed by atoms with Gasteiger partial charge in [0, 0.05) is 19.3 Å². The molecule has 0 spiro atoms. The van der Waals surface area contributed by atoms with E-state index in [2.05, 4.69) is 18.2 Å². The predicted octanol–water partition coefficient (Wildman–Crippen LogP) is 4.85. The first-order valence-electron chi connectivity index (χ1n) is 7.46. The van der Waals surface area contributed by atoms with Gasteiger partial charge in [0.1, 0.15) is 0 Å². The highest BCUT2D eigenvalue weighted by atomic mass is 14.2. The fraction of sp³-hybridized carbons (Fsp3) is 0.812. The van der Waals surface area contributed by atoms with Crippen LogP contribution in [0.1, 0.15) is 77.0 Å². The van der Waals surface area contributed by atoms with Crippen LogP contribution in [0.2, 0.25) is 0 Å². The first-order valence-corrected chi connectivity index (χ1v) is 7.46. The van der Waals surface area contributed by atoms with Crippen molar-refractivity contribution in [3.05, 3.63) is 0 Å². The molecule has 3 nitrogen and oxygen atoms in total. The average Bonchev–Trinajstić information content (AvgIpc) is 2.43. The van der Waals surface area contributed by atoms with Gasteiger partial charge in [0.25, 0.3) is 0 Å². The van der Waals surface area contributed by atoms with Crippen LogP contribution in [0.25, 0.3) is 0 Å². The molecule has 3 heteroatoms. The molecule has 0 saturated carbocycles. The van der Waals surface area contributed by atoms with Crippen molar-refractivity contribution in [2.45, 2.75) is 77.0 Å². The van der Waals surface area contributed by atoms with E-state index < -0.39 is 0 Å². The first-order chi connectivity index (χ1) is 9.35. The topological polar surface area (TPSA) is 71.4 Å². The summed E-state index contributed by atoms with van der Waals surface area (Å²) in [6.45, 7) is 0. The molecule has 0 radical (unpaired) electrons. The van der Waals surface area contributed by atoms with Crippen molar-refractivity contribution in [1.82, 2.24) is 0 Å². The van der Waals surface area contributed by atoms with Gasteiger partial charge in [-0.1, -0.05) is 38.5 Å². The Morgan fingerprint density at radius 1 is 0.526 bits per heavy atom. The molecule has 0 aromatic rings. The van der Waals surface area contributed by atoms with Gasteiger partial charge in [-0.15, -0.1) is 0 Å². The van der Waals surface area contributed by atoms with Gasteiger partial charge < -0.3 is 0 Å². The van der Waals surface area contributed by atoms with Gasteiger partial charge in [0.2, 0.25) is 0 Å². The van der Waals surface area contributed by atoms with Gasteiger partial charge >= 0.3 is 0 Å². The largest absolute Gasteiger partial charge is 0.198 e. The van der Waals surface area contributed by atoms with Crippen molar-refractivity contribution in [2.24, 2.45) is 5.92 Å². The van der Waals surface area contributed by atoms with Crippen molar-refractivity contribution in [3.63, 3.8) is 0 Å². The zero-order valence-electron chi connectivity index (χ0n) is 11.9. The summed E-state index contributed by atoms with van der Waals surface area (Å²) in [7, 11) is 0. The van der Waals surface area contributed by atoms with E-state index in [1.54, 1.807) is 0 Å². The zero-order valence-corrected chi connectivity index (χ0v) is 11.9. The van der Waals surface area contributed by atoms with Crippen LogP contribution in [0, 0.1) is 39.9 Å².